The molecule has 0 saturated heterocycles. The Labute approximate surface area is 148 Å². The average Bonchev–Trinajstić information content (AvgIpc) is 2.68. The number of allylic oxidation sites excluding steroid dienone is 1. The number of hydrogen-bond donors (Lipinski definition) is 1. The molecule has 0 saturated carbocycles. The Kier molecular flexibility index (Phi) is 6.23. The molecule has 0 radical (unpaired) electrons. The zero-order chi connectivity index (χ0) is 17.3. The van der Waals surface area contributed by atoms with Gasteiger partial charge >= 0.3 is 0 Å². The second-order valence-corrected chi connectivity index (χ2v) is 6.04. The summed E-state index contributed by atoms with van der Waals surface area (Å²) in [6, 6.07) is 18.2. The Balaban J connectivity index is 1.47. The van der Waals surface area contributed by atoms with Crippen molar-refractivity contribution in [2.45, 2.75) is 32.6 Å². The van der Waals surface area contributed by atoms with Crippen LogP contribution >= 0.6 is 0 Å². The summed E-state index contributed by atoms with van der Waals surface area (Å²) in [4.78, 5) is 12.1. The normalized spacial score (nSPS) is 13.7. The third-order valence-corrected chi connectivity index (χ3v) is 3.98. The highest BCUT2D eigenvalue weighted by Crippen LogP contribution is 2.11. The Hall–Kier alpha value is -2.59. The number of ether oxygens (including phenoxy) is 2. The van der Waals surface area contributed by atoms with Gasteiger partial charge in [0.05, 0.1) is 19.8 Å². The van der Waals surface area contributed by atoms with E-state index in [-0.39, 0.29) is 5.91 Å². The fraction of sp³-hybridized carbons (Fsp3) is 0.286. The highest BCUT2D eigenvalue weighted by molar-refractivity contribution is 5.91. The first-order valence-electron chi connectivity index (χ1n) is 8.62. The maximum atomic E-state index is 12.1. The molecule has 1 aliphatic rings. The number of nitrogens with one attached hydrogen (secondary N) is 1. The summed E-state index contributed by atoms with van der Waals surface area (Å²) in [5.74, 6) is 0.291. The molecule has 0 aromatic heterocycles. The van der Waals surface area contributed by atoms with E-state index in [1.54, 1.807) is 0 Å². The van der Waals surface area contributed by atoms with Crippen LogP contribution in [0.3, 0.4) is 0 Å². The van der Waals surface area contributed by atoms with E-state index in [0.717, 1.165) is 29.5 Å². The molecule has 130 valence electrons. The number of carbonyl (C=O) groups is 1. The van der Waals surface area contributed by atoms with E-state index < -0.39 is 0 Å². The average molecular weight is 337 g/mol. The molecule has 0 fully saturated rings. The van der Waals surface area contributed by atoms with Crippen LogP contribution in [0, 0.1) is 0 Å². The maximum Gasteiger partial charge on any atom is 0.286 e. The van der Waals surface area contributed by atoms with Gasteiger partial charge in [-0.15, -0.1) is 0 Å². The van der Waals surface area contributed by atoms with Gasteiger partial charge in [0.2, 0.25) is 0 Å². The first-order valence-corrected chi connectivity index (χ1v) is 8.62. The number of carbonyl (C=O) groups excluding carboxylic acids is 1. The number of amides is 1. The minimum Gasteiger partial charge on any atom is -0.488 e. The van der Waals surface area contributed by atoms with Crippen LogP contribution in [0.25, 0.3) is 0 Å². The molecule has 0 spiro atoms. The van der Waals surface area contributed by atoms with Gasteiger partial charge in [-0.3, -0.25) is 4.79 Å². The van der Waals surface area contributed by atoms with Crippen molar-refractivity contribution in [2.24, 2.45) is 0 Å². The first kappa shape index (κ1) is 17.2. The highest BCUT2D eigenvalue weighted by atomic mass is 16.5. The van der Waals surface area contributed by atoms with Gasteiger partial charge in [0.1, 0.15) is 0 Å². The van der Waals surface area contributed by atoms with Crippen LogP contribution in [-0.2, 0) is 34.0 Å². The lowest BCUT2D eigenvalue weighted by Crippen LogP contribution is -2.26. The molecule has 0 unspecified atom stereocenters. The van der Waals surface area contributed by atoms with Gasteiger partial charge in [0, 0.05) is 6.54 Å². The Morgan fingerprint density at radius 2 is 1.76 bits per heavy atom. The summed E-state index contributed by atoms with van der Waals surface area (Å²) in [6.07, 6.45) is 3.73. The van der Waals surface area contributed by atoms with Crippen molar-refractivity contribution in [1.29, 1.82) is 0 Å². The fourth-order valence-electron chi connectivity index (χ4n) is 2.68. The molecular weight excluding hydrogens is 314 g/mol. The van der Waals surface area contributed by atoms with Gasteiger partial charge in [-0.2, -0.15) is 0 Å². The summed E-state index contributed by atoms with van der Waals surface area (Å²) in [7, 11) is 0. The van der Waals surface area contributed by atoms with Crippen LogP contribution in [0.1, 0.15) is 29.5 Å². The molecule has 1 heterocycles. The van der Waals surface area contributed by atoms with Crippen molar-refractivity contribution >= 4 is 5.91 Å². The SMILES string of the molecule is O=C(NCc1cccc(COCc2ccccc2)c1)C1=CCCCO1. The molecule has 0 bridgehead atoms. The molecule has 0 atom stereocenters. The zero-order valence-electron chi connectivity index (χ0n) is 14.2. The summed E-state index contributed by atoms with van der Waals surface area (Å²) in [5.41, 5.74) is 3.30. The lowest BCUT2D eigenvalue weighted by Gasteiger charge is -2.14. The molecule has 1 aliphatic heterocycles. The minimum atomic E-state index is -0.148. The van der Waals surface area contributed by atoms with Crippen molar-refractivity contribution in [3.8, 4) is 0 Å². The highest BCUT2D eigenvalue weighted by Gasteiger charge is 2.13. The molecule has 1 amide bonds. The number of hydrogen-bond acceptors (Lipinski definition) is 3. The molecule has 2 aromatic carbocycles. The number of rotatable bonds is 7. The third kappa shape index (κ3) is 5.47. The monoisotopic (exact) mass is 337 g/mol. The molecule has 4 heteroatoms. The molecule has 2 aromatic rings. The van der Waals surface area contributed by atoms with Crippen molar-refractivity contribution in [2.75, 3.05) is 6.61 Å². The molecule has 1 N–H and O–H groups in total. The van der Waals surface area contributed by atoms with Crippen LogP contribution in [0.15, 0.2) is 66.4 Å². The molecular formula is C21H23NO3. The molecule has 25 heavy (non-hydrogen) atoms. The van der Waals surface area contributed by atoms with Gasteiger partial charge in [0.15, 0.2) is 5.76 Å². The van der Waals surface area contributed by atoms with E-state index in [1.807, 2.05) is 54.6 Å². The van der Waals surface area contributed by atoms with Crippen LogP contribution in [0.4, 0.5) is 0 Å². The van der Waals surface area contributed by atoms with Crippen molar-refractivity contribution in [1.82, 2.24) is 5.32 Å². The summed E-state index contributed by atoms with van der Waals surface area (Å²) < 4.78 is 11.1. The Morgan fingerprint density at radius 1 is 1.00 bits per heavy atom. The molecule has 4 nitrogen and oxygen atoms in total. The van der Waals surface area contributed by atoms with E-state index in [1.165, 1.54) is 0 Å². The van der Waals surface area contributed by atoms with Gasteiger partial charge in [-0.05, 0) is 35.6 Å². The third-order valence-electron chi connectivity index (χ3n) is 3.98. The van der Waals surface area contributed by atoms with Crippen LogP contribution in [0.2, 0.25) is 0 Å². The molecule has 3 rings (SSSR count). The second kappa shape index (κ2) is 9.04. The largest absolute Gasteiger partial charge is 0.488 e. The van der Waals surface area contributed by atoms with Crippen LogP contribution in [0.5, 0.6) is 0 Å². The Bertz CT molecular complexity index is 725. The van der Waals surface area contributed by atoms with Gasteiger partial charge in [0.25, 0.3) is 5.91 Å². The van der Waals surface area contributed by atoms with Crippen molar-refractivity contribution in [3.05, 3.63) is 83.1 Å². The number of benzene rings is 2. The van der Waals surface area contributed by atoms with Crippen LogP contribution < -0.4 is 5.32 Å². The van der Waals surface area contributed by atoms with E-state index >= 15 is 0 Å². The lowest BCUT2D eigenvalue weighted by atomic mass is 10.1. The van der Waals surface area contributed by atoms with Gasteiger partial charge in [-0.25, -0.2) is 0 Å². The van der Waals surface area contributed by atoms with Gasteiger partial charge in [-0.1, -0.05) is 54.6 Å². The topological polar surface area (TPSA) is 47.6 Å². The quantitative estimate of drug-likeness (QED) is 0.838. The van der Waals surface area contributed by atoms with Crippen molar-refractivity contribution < 1.29 is 14.3 Å². The maximum absolute atomic E-state index is 12.1. The van der Waals surface area contributed by atoms with E-state index in [4.69, 9.17) is 9.47 Å². The Morgan fingerprint density at radius 3 is 2.56 bits per heavy atom. The van der Waals surface area contributed by atoms with E-state index in [2.05, 4.69) is 11.4 Å². The summed E-state index contributed by atoms with van der Waals surface area (Å²) in [6.45, 7) is 2.23. The smallest absolute Gasteiger partial charge is 0.286 e. The van der Waals surface area contributed by atoms with Crippen molar-refractivity contribution in [3.63, 3.8) is 0 Å². The first-order chi connectivity index (χ1) is 12.3. The molecule has 0 aliphatic carbocycles. The fourth-order valence-corrected chi connectivity index (χ4v) is 2.68. The lowest BCUT2D eigenvalue weighted by molar-refractivity contribution is -0.121. The minimum absolute atomic E-state index is 0.148. The van der Waals surface area contributed by atoms with Crippen LogP contribution in [-0.4, -0.2) is 12.5 Å². The zero-order valence-corrected chi connectivity index (χ0v) is 14.2. The standard InChI is InChI=1S/C21H23NO3/c23-21(20-11-4-5-12-25-20)22-14-18-9-6-10-19(13-18)16-24-15-17-7-2-1-3-8-17/h1-3,6-11,13H,4-5,12,14-16H2,(H,22,23). The van der Waals surface area contributed by atoms with E-state index in [0.29, 0.717) is 32.1 Å². The second-order valence-electron chi connectivity index (χ2n) is 6.04. The summed E-state index contributed by atoms with van der Waals surface area (Å²) in [5, 5.41) is 2.90. The predicted molar refractivity (Wildman–Crippen MR) is 96.5 cm³/mol. The predicted octanol–water partition coefficient (Wildman–Crippen LogP) is 3.71. The summed E-state index contributed by atoms with van der Waals surface area (Å²) >= 11 is 0. The van der Waals surface area contributed by atoms with E-state index in [9.17, 15) is 4.79 Å². The van der Waals surface area contributed by atoms with Gasteiger partial charge < -0.3 is 14.8 Å².